The summed E-state index contributed by atoms with van der Waals surface area (Å²) in [6, 6.07) is 0. The smallest absolute Gasteiger partial charge is 0.0925 e. The molecule has 0 amide bonds. The molecule has 0 radical (unpaired) electrons. The van der Waals surface area contributed by atoms with Crippen molar-refractivity contribution in [3.8, 4) is 0 Å². The fraction of sp³-hybridized carbons (Fsp3) is 1.00. The zero-order chi connectivity index (χ0) is 4.12. The molecule has 0 atom stereocenters. The van der Waals surface area contributed by atoms with Gasteiger partial charge in [0, 0.05) is 0 Å². The van der Waals surface area contributed by atoms with Gasteiger partial charge in [0.25, 0.3) is 0 Å². The fourth-order valence-electron chi connectivity index (χ4n) is 0.167. The van der Waals surface area contributed by atoms with Gasteiger partial charge in [-0.3, -0.25) is 5.43 Å². The average Bonchev–Trinajstić information content (AvgIpc) is 1.41. The van der Waals surface area contributed by atoms with E-state index < -0.39 is 0 Å². The SMILES string of the molecule is CCC[NH2+]N.[OH-]. The highest BCUT2D eigenvalue weighted by Gasteiger charge is 1.69. The minimum atomic E-state index is 0. The van der Waals surface area contributed by atoms with E-state index in [-0.39, 0.29) is 5.48 Å². The molecule has 0 spiro atoms. The van der Waals surface area contributed by atoms with Crippen molar-refractivity contribution < 1.29 is 10.9 Å². The van der Waals surface area contributed by atoms with E-state index in [1.807, 2.05) is 0 Å². The summed E-state index contributed by atoms with van der Waals surface area (Å²) in [5.41, 5.74) is 1.68. The molecule has 0 bridgehead atoms. The van der Waals surface area contributed by atoms with Gasteiger partial charge in [-0.15, -0.1) is 0 Å². The second-order valence-corrected chi connectivity index (χ2v) is 1.02. The predicted octanol–water partition coefficient (Wildman–Crippen LogP) is -1.34. The lowest BCUT2D eigenvalue weighted by molar-refractivity contribution is -0.667. The van der Waals surface area contributed by atoms with Gasteiger partial charge in [-0.05, 0) is 6.42 Å². The molecule has 0 saturated heterocycles. The van der Waals surface area contributed by atoms with Crippen molar-refractivity contribution in [2.24, 2.45) is 5.84 Å². The molecule has 0 unspecified atom stereocenters. The first-order chi connectivity index (χ1) is 2.41. The van der Waals surface area contributed by atoms with Crippen molar-refractivity contribution in [1.29, 1.82) is 0 Å². The summed E-state index contributed by atoms with van der Waals surface area (Å²) < 4.78 is 0. The van der Waals surface area contributed by atoms with E-state index in [9.17, 15) is 0 Å². The van der Waals surface area contributed by atoms with Crippen LogP contribution >= 0.6 is 0 Å². The van der Waals surface area contributed by atoms with Crippen LogP contribution in [0.1, 0.15) is 13.3 Å². The molecule has 5 N–H and O–H groups in total. The maximum Gasteiger partial charge on any atom is 0.0925 e. The third-order valence-corrected chi connectivity index (χ3v) is 0.455. The molecule has 0 aromatic rings. The Morgan fingerprint density at radius 3 is 2.17 bits per heavy atom. The summed E-state index contributed by atoms with van der Waals surface area (Å²) in [6.07, 6.45) is 1.16. The number of hydrogen-bond acceptors (Lipinski definition) is 2. The van der Waals surface area contributed by atoms with Crippen LogP contribution in [-0.4, -0.2) is 12.0 Å². The van der Waals surface area contributed by atoms with Gasteiger partial charge in [0.2, 0.25) is 0 Å². The molecule has 0 fully saturated rings. The van der Waals surface area contributed by atoms with Crippen molar-refractivity contribution in [1.82, 2.24) is 0 Å². The van der Waals surface area contributed by atoms with E-state index in [4.69, 9.17) is 5.84 Å². The predicted molar refractivity (Wildman–Crippen MR) is 23.2 cm³/mol. The van der Waals surface area contributed by atoms with Crippen LogP contribution in [0.25, 0.3) is 0 Å². The molecule has 3 nitrogen and oxygen atoms in total. The Hall–Kier alpha value is -0.120. The normalized spacial score (nSPS) is 7.00. The summed E-state index contributed by atoms with van der Waals surface area (Å²) in [4.78, 5) is 0. The van der Waals surface area contributed by atoms with Crippen LogP contribution in [0.15, 0.2) is 0 Å². The first kappa shape index (κ1) is 9.30. The van der Waals surface area contributed by atoms with Gasteiger partial charge in [0.1, 0.15) is 0 Å². The van der Waals surface area contributed by atoms with Gasteiger partial charge in [-0.2, -0.15) is 5.84 Å². The largest absolute Gasteiger partial charge is 0.870 e. The van der Waals surface area contributed by atoms with Gasteiger partial charge in [-0.25, -0.2) is 0 Å². The van der Waals surface area contributed by atoms with E-state index in [2.05, 4.69) is 6.92 Å². The lowest BCUT2D eigenvalue weighted by Gasteiger charge is -1.81. The topological polar surface area (TPSA) is 72.6 Å². The molecule has 0 aliphatic heterocycles. The minimum absolute atomic E-state index is 0. The van der Waals surface area contributed by atoms with Crippen molar-refractivity contribution >= 4 is 0 Å². The highest BCUT2D eigenvalue weighted by atomic mass is 16.0. The van der Waals surface area contributed by atoms with Crippen molar-refractivity contribution in [2.75, 3.05) is 6.54 Å². The van der Waals surface area contributed by atoms with Crippen LogP contribution in [0, 0.1) is 0 Å². The minimum Gasteiger partial charge on any atom is -0.870 e. The molecule has 0 aliphatic carbocycles. The zero-order valence-corrected chi connectivity index (χ0v) is 4.02. The second kappa shape index (κ2) is 8.86. The van der Waals surface area contributed by atoms with Gasteiger partial charge >= 0.3 is 0 Å². The third kappa shape index (κ3) is 9.11. The van der Waals surface area contributed by atoms with Crippen LogP contribution in [0.5, 0.6) is 0 Å². The summed E-state index contributed by atoms with van der Waals surface area (Å²) in [5.74, 6) is 5.01. The lowest BCUT2D eigenvalue weighted by atomic mass is 10.5. The monoisotopic (exact) mass is 92.1 g/mol. The second-order valence-electron chi connectivity index (χ2n) is 1.02. The summed E-state index contributed by atoms with van der Waals surface area (Å²) in [5, 5.41) is 0. The number of nitrogens with two attached hydrogens (primary N) is 2. The number of rotatable bonds is 2. The molecule has 40 valence electrons. The van der Waals surface area contributed by atoms with Crippen LogP contribution in [0.4, 0.5) is 0 Å². The first-order valence-corrected chi connectivity index (χ1v) is 1.95. The Morgan fingerprint density at radius 1 is 1.67 bits per heavy atom. The highest BCUT2D eigenvalue weighted by molar-refractivity contribution is 4.09. The van der Waals surface area contributed by atoms with E-state index in [1.54, 1.807) is 5.43 Å². The van der Waals surface area contributed by atoms with E-state index in [0.29, 0.717) is 0 Å². The Labute approximate surface area is 37.8 Å². The van der Waals surface area contributed by atoms with Crippen LogP contribution < -0.4 is 11.3 Å². The van der Waals surface area contributed by atoms with Crippen LogP contribution in [0.3, 0.4) is 0 Å². The Balaban J connectivity index is 0. The lowest BCUT2D eigenvalue weighted by Crippen LogP contribution is -2.91. The Kier molecular flexibility index (Phi) is 13.7. The van der Waals surface area contributed by atoms with Crippen LogP contribution in [0.2, 0.25) is 0 Å². The highest BCUT2D eigenvalue weighted by Crippen LogP contribution is 1.55. The Morgan fingerprint density at radius 2 is 2.17 bits per heavy atom. The summed E-state index contributed by atoms with van der Waals surface area (Å²) in [6.45, 7) is 3.14. The maximum absolute atomic E-state index is 5.01. The van der Waals surface area contributed by atoms with Gasteiger partial charge in [0.05, 0.1) is 6.54 Å². The Bertz CT molecular complexity index is 16.3. The molecule has 0 saturated carbocycles. The van der Waals surface area contributed by atoms with Gasteiger partial charge in [0.15, 0.2) is 0 Å². The van der Waals surface area contributed by atoms with E-state index >= 15 is 0 Å². The maximum atomic E-state index is 5.01. The summed E-state index contributed by atoms with van der Waals surface area (Å²) in [7, 11) is 0. The third-order valence-electron chi connectivity index (χ3n) is 0.455. The zero-order valence-electron chi connectivity index (χ0n) is 4.02. The number of hydrogen-bond donors (Lipinski definition) is 2. The molecule has 3 heteroatoms. The van der Waals surface area contributed by atoms with E-state index in [1.165, 1.54) is 0 Å². The summed E-state index contributed by atoms with van der Waals surface area (Å²) >= 11 is 0. The number of quaternary nitrogens is 1. The molecule has 0 aliphatic rings. The van der Waals surface area contributed by atoms with Crippen molar-refractivity contribution in [3.63, 3.8) is 0 Å². The van der Waals surface area contributed by atoms with E-state index in [0.717, 1.165) is 13.0 Å². The van der Waals surface area contributed by atoms with Crippen molar-refractivity contribution in [3.05, 3.63) is 0 Å². The molecular weight excluding hydrogens is 80.0 g/mol. The molecule has 6 heavy (non-hydrogen) atoms. The molecular formula is C3H12N2O. The quantitative estimate of drug-likeness (QED) is 0.327. The van der Waals surface area contributed by atoms with Crippen molar-refractivity contribution in [2.45, 2.75) is 13.3 Å². The standard InChI is InChI=1S/C3H10N2.H2O/c1-2-3-5-4;/h5H,2-4H2,1H3;1H2. The molecule has 0 aromatic heterocycles. The molecule has 0 heterocycles. The molecule has 0 rings (SSSR count). The molecule has 0 aromatic carbocycles. The first-order valence-electron chi connectivity index (χ1n) is 1.95. The fourth-order valence-corrected chi connectivity index (χ4v) is 0.167. The average molecular weight is 92.1 g/mol. The van der Waals surface area contributed by atoms with Crippen LogP contribution in [-0.2, 0) is 0 Å². The van der Waals surface area contributed by atoms with Gasteiger partial charge < -0.3 is 5.48 Å². The van der Waals surface area contributed by atoms with Gasteiger partial charge in [-0.1, -0.05) is 6.92 Å².